The molecule has 0 unspecified atom stereocenters. The first-order valence-electron chi connectivity index (χ1n) is 3.41. The Balaban J connectivity index is 2.86. The topological polar surface area (TPSA) is 57.2 Å². The monoisotopic (exact) mass is 159 g/mol. The molecule has 12 heavy (non-hydrogen) atoms. The Kier molecular flexibility index (Phi) is 1.28. The van der Waals surface area contributed by atoms with Crippen molar-refractivity contribution < 1.29 is 9.52 Å². The molecule has 58 valence electrons. The minimum Gasteiger partial charge on any atom is -0.507 e. The number of hydrogen-bond donors (Lipinski definition) is 1. The van der Waals surface area contributed by atoms with Crippen molar-refractivity contribution in [3.63, 3.8) is 0 Å². The summed E-state index contributed by atoms with van der Waals surface area (Å²) in [5, 5.41) is 18.6. The number of furan rings is 1. The molecule has 1 N–H and O–H groups in total. The fourth-order valence-corrected chi connectivity index (χ4v) is 1.12. The molecule has 2 aromatic rings. The molecule has 0 aliphatic carbocycles. The van der Waals surface area contributed by atoms with E-state index in [-0.39, 0.29) is 5.75 Å². The van der Waals surface area contributed by atoms with Gasteiger partial charge in [0.1, 0.15) is 11.3 Å². The van der Waals surface area contributed by atoms with E-state index >= 15 is 0 Å². The molecule has 0 aliphatic heterocycles. The number of fused-ring (bicyclic) bond motifs is 1. The highest BCUT2D eigenvalue weighted by Crippen LogP contribution is 2.26. The number of hydrogen-bond acceptors (Lipinski definition) is 3. The summed E-state index contributed by atoms with van der Waals surface area (Å²) in [6.07, 6.45) is 1.48. The second-order valence-corrected chi connectivity index (χ2v) is 2.44. The summed E-state index contributed by atoms with van der Waals surface area (Å²) in [6.45, 7) is 0. The van der Waals surface area contributed by atoms with E-state index < -0.39 is 0 Å². The lowest BCUT2D eigenvalue weighted by Crippen LogP contribution is -1.73. The van der Waals surface area contributed by atoms with Gasteiger partial charge >= 0.3 is 0 Å². The highest BCUT2D eigenvalue weighted by molar-refractivity contribution is 5.84. The van der Waals surface area contributed by atoms with Crippen LogP contribution in [-0.4, -0.2) is 5.11 Å². The van der Waals surface area contributed by atoms with Crippen LogP contribution in [0.2, 0.25) is 0 Å². The molecular weight excluding hydrogens is 154 g/mol. The lowest BCUT2D eigenvalue weighted by Gasteiger charge is -1.93. The fraction of sp³-hybridized carbons (Fsp3) is 0. The van der Waals surface area contributed by atoms with Gasteiger partial charge in [0.15, 0.2) is 0 Å². The van der Waals surface area contributed by atoms with Gasteiger partial charge in [0, 0.05) is 0 Å². The van der Waals surface area contributed by atoms with E-state index in [1.165, 1.54) is 12.3 Å². The number of aromatic hydroxyl groups is 1. The molecule has 0 amide bonds. The first-order chi connectivity index (χ1) is 5.81. The van der Waals surface area contributed by atoms with E-state index in [1.807, 2.05) is 6.07 Å². The molecule has 0 atom stereocenters. The van der Waals surface area contributed by atoms with Crippen molar-refractivity contribution in [2.24, 2.45) is 0 Å². The van der Waals surface area contributed by atoms with Gasteiger partial charge in [-0.05, 0) is 18.2 Å². The van der Waals surface area contributed by atoms with Crippen LogP contribution in [0.4, 0.5) is 0 Å². The predicted octanol–water partition coefficient (Wildman–Crippen LogP) is 2.01. The van der Waals surface area contributed by atoms with Crippen molar-refractivity contribution >= 4 is 11.0 Å². The van der Waals surface area contributed by atoms with Gasteiger partial charge < -0.3 is 9.52 Å². The SMILES string of the molecule is N#Cc1cc(O)c2ccoc2c1. The maximum Gasteiger partial charge on any atom is 0.138 e. The number of benzene rings is 1. The van der Waals surface area contributed by atoms with Crippen LogP contribution in [0.1, 0.15) is 5.56 Å². The van der Waals surface area contributed by atoms with Gasteiger partial charge in [-0.25, -0.2) is 0 Å². The Morgan fingerprint density at radius 2 is 2.25 bits per heavy atom. The molecular formula is C9H5NO2. The van der Waals surface area contributed by atoms with E-state index in [0.717, 1.165) is 0 Å². The average molecular weight is 159 g/mol. The summed E-state index contributed by atoms with van der Waals surface area (Å²) >= 11 is 0. The van der Waals surface area contributed by atoms with Crippen LogP contribution in [0.25, 0.3) is 11.0 Å². The third-order valence-electron chi connectivity index (χ3n) is 1.68. The Bertz CT molecular complexity index is 465. The molecule has 2 rings (SSSR count). The number of nitrogens with zero attached hydrogens (tertiary/aromatic N) is 1. The summed E-state index contributed by atoms with van der Waals surface area (Å²) in [5.41, 5.74) is 0.932. The molecule has 1 heterocycles. The van der Waals surface area contributed by atoms with Gasteiger partial charge in [-0.1, -0.05) is 0 Å². The van der Waals surface area contributed by atoms with Crippen LogP contribution < -0.4 is 0 Å². The molecule has 3 nitrogen and oxygen atoms in total. The lowest BCUT2D eigenvalue weighted by atomic mass is 10.2. The number of rotatable bonds is 0. The van der Waals surface area contributed by atoms with Gasteiger partial charge in [0.25, 0.3) is 0 Å². The van der Waals surface area contributed by atoms with Crippen LogP contribution in [0, 0.1) is 11.3 Å². The summed E-state index contributed by atoms with van der Waals surface area (Å²) in [4.78, 5) is 0. The quantitative estimate of drug-likeness (QED) is 0.639. The molecule has 0 saturated heterocycles. The van der Waals surface area contributed by atoms with Crippen LogP contribution in [0.15, 0.2) is 28.9 Å². The average Bonchev–Trinajstić information content (AvgIpc) is 2.52. The van der Waals surface area contributed by atoms with Gasteiger partial charge in [0.2, 0.25) is 0 Å². The molecule has 0 aliphatic rings. The van der Waals surface area contributed by atoms with Gasteiger partial charge in [-0.2, -0.15) is 5.26 Å². The van der Waals surface area contributed by atoms with Crippen molar-refractivity contribution in [3.05, 3.63) is 30.0 Å². The predicted molar refractivity (Wildman–Crippen MR) is 42.6 cm³/mol. The minimum atomic E-state index is 0.0813. The van der Waals surface area contributed by atoms with E-state index in [4.69, 9.17) is 9.68 Å². The van der Waals surface area contributed by atoms with Crippen molar-refractivity contribution in [1.82, 2.24) is 0 Å². The van der Waals surface area contributed by atoms with E-state index in [1.54, 1.807) is 12.1 Å². The minimum absolute atomic E-state index is 0.0813. The van der Waals surface area contributed by atoms with Crippen molar-refractivity contribution in [2.45, 2.75) is 0 Å². The highest BCUT2D eigenvalue weighted by atomic mass is 16.3. The van der Waals surface area contributed by atoms with Crippen LogP contribution in [0.5, 0.6) is 5.75 Å². The standard InChI is InChI=1S/C9H5NO2/c10-5-6-3-8(11)7-1-2-12-9(7)4-6/h1-4,11H. The molecule has 0 radical (unpaired) electrons. The zero-order valence-corrected chi connectivity index (χ0v) is 6.11. The Morgan fingerprint density at radius 3 is 3.00 bits per heavy atom. The van der Waals surface area contributed by atoms with E-state index in [9.17, 15) is 5.11 Å². The molecule has 1 aromatic heterocycles. The smallest absolute Gasteiger partial charge is 0.138 e. The van der Waals surface area contributed by atoms with E-state index in [0.29, 0.717) is 16.5 Å². The van der Waals surface area contributed by atoms with Crippen molar-refractivity contribution in [1.29, 1.82) is 5.26 Å². The van der Waals surface area contributed by atoms with E-state index in [2.05, 4.69) is 0 Å². The Morgan fingerprint density at radius 1 is 1.42 bits per heavy atom. The second kappa shape index (κ2) is 2.28. The number of phenolic OH excluding ortho intramolecular Hbond substituents is 1. The zero-order valence-electron chi connectivity index (χ0n) is 6.11. The molecule has 1 aromatic carbocycles. The third kappa shape index (κ3) is 0.823. The second-order valence-electron chi connectivity index (χ2n) is 2.44. The molecule has 0 bridgehead atoms. The van der Waals surface area contributed by atoms with Crippen LogP contribution in [0.3, 0.4) is 0 Å². The first-order valence-corrected chi connectivity index (χ1v) is 3.41. The van der Waals surface area contributed by atoms with Gasteiger partial charge in [-0.15, -0.1) is 0 Å². The maximum atomic E-state index is 9.36. The van der Waals surface area contributed by atoms with Gasteiger partial charge in [-0.3, -0.25) is 0 Å². The largest absolute Gasteiger partial charge is 0.507 e. The zero-order chi connectivity index (χ0) is 8.55. The normalized spacial score (nSPS) is 9.92. The van der Waals surface area contributed by atoms with Crippen LogP contribution >= 0.6 is 0 Å². The number of nitriles is 1. The fourth-order valence-electron chi connectivity index (χ4n) is 1.12. The maximum absolute atomic E-state index is 9.36. The number of phenols is 1. The Labute approximate surface area is 68.5 Å². The molecule has 0 spiro atoms. The van der Waals surface area contributed by atoms with Crippen LogP contribution in [-0.2, 0) is 0 Å². The summed E-state index contributed by atoms with van der Waals surface area (Å²) < 4.78 is 5.03. The molecule has 0 fully saturated rings. The summed E-state index contributed by atoms with van der Waals surface area (Å²) in [5.74, 6) is 0.0813. The third-order valence-corrected chi connectivity index (χ3v) is 1.68. The van der Waals surface area contributed by atoms with Gasteiger partial charge in [0.05, 0.1) is 23.3 Å². The first kappa shape index (κ1) is 6.74. The lowest BCUT2D eigenvalue weighted by molar-refractivity contribution is 0.481. The van der Waals surface area contributed by atoms with Crippen molar-refractivity contribution in [2.75, 3.05) is 0 Å². The summed E-state index contributed by atoms with van der Waals surface area (Å²) in [7, 11) is 0. The summed E-state index contributed by atoms with van der Waals surface area (Å²) in [6, 6.07) is 6.60. The Hall–Kier alpha value is -1.95. The molecule has 0 saturated carbocycles. The highest BCUT2D eigenvalue weighted by Gasteiger charge is 2.04. The van der Waals surface area contributed by atoms with Crippen molar-refractivity contribution in [3.8, 4) is 11.8 Å². The molecule has 3 heteroatoms.